The summed E-state index contributed by atoms with van der Waals surface area (Å²) in [5.41, 5.74) is 4.36. The summed E-state index contributed by atoms with van der Waals surface area (Å²) in [5, 5.41) is 3.65. The number of benzene rings is 2. The number of fused-ring (bicyclic) bond motifs is 1. The largest absolute Gasteiger partial charge is 0.352 e. The number of rotatable bonds is 7. The van der Waals surface area contributed by atoms with Gasteiger partial charge in [0.2, 0.25) is 0 Å². The lowest BCUT2D eigenvalue weighted by molar-refractivity contribution is 0.0956. The predicted molar refractivity (Wildman–Crippen MR) is 117 cm³/mol. The van der Waals surface area contributed by atoms with E-state index in [9.17, 15) is 9.18 Å². The van der Waals surface area contributed by atoms with Gasteiger partial charge in [-0.3, -0.25) is 9.36 Å². The Balaban J connectivity index is 1.55. The van der Waals surface area contributed by atoms with Crippen LogP contribution in [0.3, 0.4) is 0 Å². The Morgan fingerprint density at radius 2 is 1.80 bits per heavy atom. The lowest BCUT2D eigenvalue weighted by Gasteiger charge is -2.09. The van der Waals surface area contributed by atoms with Gasteiger partial charge in [-0.1, -0.05) is 36.0 Å². The van der Waals surface area contributed by atoms with E-state index in [0.29, 0.717) is 24.4 Å². The number of hydrogen-bond acceptors (Lipinski definition) is 4. The van der Waals surface area contributed by atoms with Gasteiger partial charge >= 0.3 is 0 Å². The van der Waals surface area contributed by atoms with Crippen LogP contribution < -0.4 is 5.32 Å². The Bertz CT molecular complexity index is 1160. The molecule has 2 heterocycles. The second kappa shape index (κ2) is 9.09. The quantitative estimate of drug-likeness (QED) is 0.442. The average molecular weight is 421 g/mol. The Kier molecular flexibility index (Phi) is 6.09. The van der Waals surface area contributed by atoms with Gasteiger partial charge in [-0.05, 0) is 54.4 Å². The first-order valence-electron chi connectivity index (χ1n) is 9.69. The zero-order chi connectivity index (χ0) is 20.9. The van der Waals surface area contributed by atoms with E-state index in [0.717, 1.165) is 27.4 Å². The van der Waals surface area contributed by atoms with E-state index >= 15 is 0 Å². The second-order valence-corrected chi connectivity index (χ2v) is 7.74. The standard InChI is InChI=1S/C23H21FN4OS/c1-2-25-22(29)18-9-5-17(6-10-18)15-30-23-27-20-4-3-13-26-21(20)28(23)14-16-7-11-19(24)12-8-16/h3-13H,2,14-15H2,1H3,(H,25,29). The molecular formula is C23H21FN4OS. The Morgan fingerprint density at radius 3 is 2.53 bits per heavy atom. The highest BCUT2D eigenvalue weighted by atomic mass is 32.2. The number of carbonyl (C=O) groups excluding carboxylic acids is 1. The van der Waals surface area contributed by atoms with Crippen molar-refractivity contribution < 1.29 is 9.18 Å². The van der Waals surface area contributed by atoms with Gasteiger partial charge in [-0.25, -0.2) is 14.4 Å². The van der Waals surface area contributed by atoms with Crippen LogP contribution in [-0.2, 0) is 12.3 Å². The zero-order valence-electron chi connectivity index (χ0n) is 16.5. The number of nitrogens with zero attached hydrogens (tertiary/aromatic N) is 3. The fraction of sp³-hybridized carbons (Fsp3) is 0.174. The molecule has 0 aliphatic carbocycles. The van der Waals surface area contributed by atoms with Gasteiger partial charge in [0.05, 0.1) is 6.54 Å². The molecule has 2 aromatic heterocycles. The first kappa shape index (κ1) is 20.1. The van der Waals surface area contributed by atoms with Crippen molar-refractivity contribution in [1.82, 2.24) is 19.9 Å². The van der Waals surface area contributed by atoms with Crippen molar-refractivity contribution in [2.75, 3.05) is 6.54 Å². The normalized spacial score (nSPS) is 11.0. The summed E-state index contributed by atoms with van der Waals surface area (Å²) >= 11 is 1.61. The van der Waals surface area contributed by atoms with Crippen molar-refractivity contribution in [3.8, 4) is 0 Å². The van der Waals surface area contributed by atoms with Gasteiger partial charge < -0.3 is 5.32 Å². The molecule has 0 aliphatic rings. The number of halogens is 1. The summed E-state index contributed by atoms with van der Waals surface area (Å²) in [6.07, 6.45) is 1.75. The van der Waals surface area contributed by atoms with Crippen LogP contribution in [0.15, 0.2) is 72.0 Å². The maximum Gasteiger partial charge on any atom is 0.251 e. The van der Waals surface area contributed by atoms with Gasteiger partial charge in [0.25, 0.3) is 5.91 Å². The minimum Gasteiger partial charge on any atom is -0.352 e. The maximum atomic E-state index is 13.3. The SMILES string of the molecule is CCNC(=O)c1ccc(CSc2nc3cccnc3n2Cc2ccc(F)cc2)cc1. The summed E-state index contributed by atoms with van der Waals surface area (Å²) in [6.45, 7) is 3.07. The van der Waals surface area contributed by atoms with Crippen LogP contribution in [0.1, 0.15) is 28.4 Å². The van der Waals surface area contributed by atoms with E-state index in [1.165, 1.54) is 12.1 Å². The number of hydrogen-bond donors (Lipinski definition) is 1. The van der Waals surface area contributed by atoms with Crippen molar-refractivity contribution in [3.05, 3.63) is 89.4 Å². The molecule has 0 saturated heterocycles. The highest BCUT2D eigenvalue weighted by Crippen LogP contribution is 2.27. The van der Waals surface area contributed by atoms with Crippen LogP contribution in [0.25, 0.3) is 11.2 Å². The lowest BCUT2D eigenvalue weighted by Crippen LogP contribution is -2.22. The fourth-order valence-electron chi connectivity index (χ4n) is 3.13. The summed E-state index contributed by atoms with van der Waals surface area (Å²) in [5.74, 6) is 0.393. The molecule has 0 bridgehead atoms. The Labute approximate surface area is 178 Å². The molecule has 0 atom stereocenters. The van der Waals surface area contributed by atoms with Crippen LogP contribution in [0.2, 0.25) is 0 Å². The fourth-order valence-corrected chi connectivity index (χ4v) is 4.08. The van der Waals surface area contributed by atoms with E-state index < -0.39 is 0 Å². The Morgan fingerprint density at radius 1 is 1.07 bits per heavy atom. The molecule has 2 aromatic carbocycles. The van der Waals surface area contributed by atoms with Gasteiger partial charge in [0.15, 0.2) is 10.8 Å². The van der Waals surface area contributed by atoms with Crippen molar-refractivity contribution in [3.63, 3.8) is 0 Å². The number of pyridine rings is 1. The second-order valence-electron chi connectivity index (χ2n) is 6.80. The number of imidazole rings is 1. The summed E-state index contributed by atoms with van der Waals surface area (Å²) in [4.78, 5) is 21.1. The molecule has 152 valence electrons. The predicted octanol–water partition coefficient (Wildman–Crippen LogP) is 4.66. The van der Waals surface area contributed by atoms with Crippen LogP contribution in [0.4, 0.5) is 4.39 Å². The smallest absolute Gasteiger partial charge is 0.251 e. The van der Waals surface area contributed by atoms with Crippen LogP contribution in [0, 0.1) is 5.82 Å². The molecule has 0 saturated carbocycles. The van der Waals surface area contributed by atoms with E-state index in [2.05, 4.69) is 14.9 Å². The molecule has 1 N–H and O–H groups in total. The molecule has 0 fully saturated rings. The number of nitrogens with one attached hydrogen (secondary N) is 1. The molecule has 30 heavy (non-hydrogen) atoms. The van der Waals surface area contributed by atoms with Crippen LogP contribution >= 0.6 is 11.8 Å². The van der Waals surface area contributed by atoms with Gasteiger partial charge in [-0.2, -0.15) is 0 Å². The molecule has 0 spiro atoms. The van der Waals surface area contributed by atoms with E-state index in [1.54, 1.807) is 30.1 Å². The molecule has 0 aliphatic heterocycles. The van der Waals surface area contributed by atoms with Crippen molar-refractivity contribution >= 4 is 28.8 Å². The highest BCUT2D eigenvalue weighted by molar-refractivity contribution is 7.98. The van der Waals surface area contributed by atoms with E-state index in [-0.39, 0.29) is 11.7 Å². The topological polar surface area (TPSA) is 59.8 Å². The molecule has 1 amide bonds. The van der Waals surface area contributed by atoms with Crippen molar-refractivity contribution in [2.24, 2.45) is 0 Å². The van der Waals surface area contributed by atoms with Crippen LogP contribution in [0.5, 0.6) is 0 Å². The minimum atomic E-state index is -0.252. The van der Waals surface area contributed by atoms with Crippen LogP contribution in [-0.4, -0.2) is 27.0 Å². The first-order chi connectivity index (χ1) is 14.6. The monoisotopic (exact) mass is 420 g/mol. The number of carbonyl (C=O) groups is 1. The maximum absolute atomic E-state index is 13.3. The van der Waals surface area contributed by atoms with Gasteiger partial charge in [-0.15, -0.1) is 0 Å². The lowest BCUT2D eigenvalue weighted by atomic mass is 10.1. The number of aromatic nitrogens is 3. The first-order valence-corrected chi connectivity index (χ1v) is 10.7. The molecule has 5 nitrogen and oxygen atoms in total. The highest BCUT2D eigenvalue weighted by Gasteiger charge is 2.13. The summed E-state index contributed by atoms with van der Waals surface area (Å²) in [6, 6.07) is 17.9. The average Bonchev–Trinajstić information content (AvgIpc) is 3.12. The third-order valence-electron chi connectivity index (χ3n) is 4.64. The molecule has 0 radical (unpaired) electrons. The van der Waals surface area contributed by atoms with Gasteiger partial charge in [0.1, 0.15) is 11.3 Å². The van der Waals surface area contributed by atoms with Crippen molar-refractivity contribution in [1.29, 1.82) is 0 Å². The molecule has 4 aromatic rings. The molecule has 4 rings (SSSR count). The third-order valence-corrected chi connectivity index (χ3v) is 5.69. The number of amides is 1. The van der Waals surface area contributed by atoms with Gasteiger partial charge in [0, 0.05) is 24.1 Å². The molecular weight excluding hydrogens is 399 g/mol. The Hall–Kier alpha value is -3.19. The van der Waals surface area contributed by atoms with E-state index in [4.69, 9.17) is 4.98 Å². The summed E-state index contributed by atoms with van der Waals surface area (Å²) in [7, 11) is 0. The zero-order valence-corrected chi connectivity index (χ0v) is 17.3. The van der Waals surface area contributed by atoms with Crippen molar-refractivity contribution in [2.45, 2.75) is 24.4 Å². The van der Waals surface area contributed by atoms with E-state index in [1.807, 2.05) is 43.3 Å². The minimum absolute atomic E-state index is 0.0659. The molecule has 0 unspecified atom stereocenters. The molecule has 7 heteroatoms. The summed E-state index contributed by atoms with van der Waals surface area (Å²) < 4.78 is 15.3. The number of thioether (sulfide) groups is 1. The third kappa shape index (κ3) is 4.52.